The van der Waals surface area contributed by atoms with E-state index < -0.39 is 12.0 Å². The van der Waals surface area contributed by atoms with Crippen LogP contribution < -0.4 is 0 Å². The zero-order valence-electron chi connectivity index (χ0n) is 19.2. The van der Waals surface area contributed by atoms with Crippen LogP contribution in [0.15, 0.2) is 23.5 Å². The number of phenolic OH excluding ortho intramolecular Hbond substituents is 1. The van der Waals surface area contributed by atoms with Crippen molar-refractivity contribution in [2.45, 2.75) is 57.5 Å². The van der Waals surface area contributed by atoms with Gasteiger partial charge in [-0.1, -0.05) is 13.0 Å². The van der Waals surface area contributed by atoms with Gasteiger partial charge in [-0.15, -0.1) is 16.5 Å². The fraction of sp³-hybridized carbons (Fsp3) is 0.667. The second-order valence-electron chi connectivity index (χ2n) is 9.93. The number of esters is 1. The Morgan fingerprint density at radius 2 is 2.06 bits per heavy atom. The molecule has 0 saturated heterocycles. The summed E-state index contributed by atoms with van der Waals surface area (Å²) in [5.74, 6) is 1.46. The van der Waals surface area contributed by atoms with Crippen LogP contribution in [0.1, 0.15) is 56.1 Å². The van der Waals surface area contributed by atoms with Crippen molar-refractivity contribution >= 4 is 23.6 Å². The quantitative estimate of drug-likeness (QED) is 0.282. The van der Waals surface area contributed by atoms with E-state index in [1.54, 1.807) is 6.07 Å². The molecule has 1 aromatic rings. The molecule has 1 N–H and O–H groups in total. The van der Waals surface area contributed by atoms with Gasteiger partial charge in [-0.2, -0.15) is 5.01 Å². The number of hydrogen-bond donors (Lipinski definition) is 1. The largest absolute Gasteiger partial charge is 0.508 e. The lowest BCUT2D eigenvalue weighted by molar-refractivity contribution is -0.158. The summed E-state index contributed by atoms with van der Waals surface area (Å²) < 4.78 is 5.92. The van der Waals surface area contributed by atoms with E-state index in [2.05, 4.69) is 18.3 Å². The maximum Gasteiger partial charge on any atom is 0.343 e. The van der Waals surface area contributed by atoms with Crippen molar-refractivity contribution in [3.8, 4) is 5.75 Å². The molecule has 9 heteroatoms. The molecular formula is C24H32ClN3O5. The van der Waals surface area contributed by atoms with E-state index in [1.165, 1.54) is 18.2 Å². The lowest BCUT2D eigenvalue weighted by atomic mass is 9.55. The summed E-state index contributed by atoms with van der Waals surface area (Å²) in [5.41, 5.74) is 2.56. The minimum absolute atomic E-state index is 0.0169. The van der Waals surface area contributed by atoms with E-state index in [0.717, 1.165) is 43.4 Å². The van der Waals surface area contributed by atoms with Gasteiger partial charge in [-0.25, -0.2) is 4.79 Å². The Morgan fingerprint density at radius 1 is 1.27 bits per heavy atom. The van der Waals surface area contributed by atoms with Crippen molar-refractivity contribution in [2.24, 2.45) is 22.5 Å². The van der Waals surface area contributed by atoms with Gasteiger partial charge in [0.1, 0.15) is 18.4 Å². The number of carbonyl (C=O) groups excluding carboxylic acids is 2. The van der Waals surface area contributed by atoms with E-state index in [9.17, 15) is 19.6 Å². The van der Waals surface area contributed by atoms with E-state index >= 15 is 0 Å². The highest BCUT2D eigenvalue weighted by molar-refractivity contribution is 6.18. The summed E-state index contributed by atoms with van der Waals surface area (Å²) in [4.78, 5) is 37.0. The smallest absolute Gasteiger partial charge is 0.343 e. The van der Waals surface area contributed by atoms with Crippen LogP contribution in [0.2, 0.25) is 0 Å². The van der Waals surface area contributed by atoms with Crippen LogP contribution in [0.5, 0.6) is 5.75 Å². The van der Waals surface area contributed by atoms with Crippen LogP contribution >= 0.6 is 11.6 Å². The number of rotatable bonds is 6. The second-order valence-corrected chi connectivity index (χ2v) is 10.3. The van der Waals surface area contributed by atoms with Gasteiger partial charge in [0.15, 0.2) is 0 Å². The number of ether oxygens (including phenoxy) is 1. The number of aromatic hydroxyl groups is 1. The molecule has 0 radical (unpaired) electrons. The van der Waals surface area contributed by atoms with Crippen molar-refractivity contribution in [3.05, 3.63) is 34.2 Å². The van der Waals surface area contributed by atoms with Gasteiger partial charge >= 0.3 is 12.0 Å². The Bertz CT molecular complexity index is 927. The number of nitroso groups, excluding NO2 is 1. The number of phenols is 1. The first-order valence-electron chi connectivity index (χ1n) is 11.7. The Hall–Kier alpha value is -2.35. The zero-order chi connectivity index (χ0) is 23.8. The predicted molar refractivity (Wildman–Crippen MR) is 124 cm³/mol. The molecule has 3 aliphatic rings. The number of fused-ring (bicyclic) bond motifs is 5. The molecule has 2 fully saturated rings. The van der Waals surface area contributed by atoms with E-state index in [-0.39, 0.29) is 30.5 Å². The number of benzene rings is 1. The highest BCUT2D eigenvalue weighted by Crippen LogP contribution is 2.61. The Kier molecular flexibility index (Phi) is 6.84. The van der Waals surface area contributed by atoms with Crippen molar-refractivity contribution in [2.75, 3.05) is 26.0 Å². The molecule has 1 aromatic carbocycles. The van der Waals surface area contributed by atoms with Crippen LogP contribution in [0.4, 0.5) is 4.79 Å². The molecule has 0 bridgehead atoms. The fourth-order valence-electron chi connectivity index (χ4n) is 6.62. The van der Waals surface area contributed by atoms with Crippen LogP contribution in [0.3, 0.4) is 0 Å². The van der Waals surface area contributed by atoms with Crippen LogP contribution in [0, 0.1) is 22.2 Å². The molecule has 180 valence electrons. The first-order chi connectivity index (χ1) is 15.8. The maximum absolute atomic E-state index is 12.7. The van der Waals surface area contributed by atoms with Gasteiger partial charge in [-0.3, -0.25) is 4.79 Å². The molecule has 4 rings (SSSR count). The Morgan fingerprint density at radius 3 is 2.79 bits per heavy atom. The minimum Gasteiger partial charge on any atom is -0.508 e. The Balaban J connectivity index is 1.40. The first-order valence-corrected chi connectivity index (χ1v) is 12.2. The number of aryl methyl sites for hydroxylation is 1. The number of alkyl halides is 1. The Labute approximate surface area is 199 Å². The standard InChI is InChI=1S/C24H32ClN3O5/c1-24-10-9-18-17-6-4-16(29)13-15(17)3-5-19(18)20(24)7-8-21(24)33-22(30)14-27(2)23(31)28(26-32)12-11-25/h4,6,13,18-21,29H,3,5,7-12,14H2,1-2H3/t18-,19-,20+,21+,24+/m1/s1. The highest BCUT2D eigenvalue weighted by Gasteiger charge is 2.56. The number of nitrogens with zero attached hydrogens (tertiary/aromatic N) is 3. The number of hydrogen-bond acceptors (Lipinski definition) is 6. The molecule has 0 aliphatic heterocycles. The summed E-state index contributed by atoms with van der Waals surface area (Å²) >= 11 is 5.59. The van der Waals surface area contributed by atoms with Crippen molar-refractivity contribution in [1.82, 2.24) is 9.91 Å². The summed E-state index contributed by atoms with van der Waals surface area (Å²) in [5, 5.41) is 13.2. The molecule has 3 aliphatic carbocycles. The van der Waals surface area contributed by atoms with E-state index in [0.29, 0.717) is 28.5 Å². The molecule has 2 amide bonds. The lowest BCUT2D eigenvalue weighted by Gasteiger charge is -2.50. The summed E-state index contributed by atoms with van der Waals surface area (Å²) in [6, 6.07) is 5.11. The summed E-state index contributed by atoms with van der Waals surface area (Å²) in [6.07, 6.45) is 5.75. The molecule has 2 saturated carbocycles. The third kappa shape index (κ3) is 4.42. The van der Waals surface area contributed by atoms with Crippen LogP contribution in [-0.2, 0) is 16.0 Å². The van der Waals surface area contributed by atoms with Crippen molar-refractivity contribution < 1.29 is 19.4 Å². The molecule has 0 spiro atoms. The van der Waals surface area contributed by atoms with Crippen LogP contribution in [-0.4, -0.2) is 59.1 Å². The monoisotopic (exact) mass is 477 g/mol. The first kappa shape index (κ1) is 23.8. The number of likely N-dealkylation sites (N-methyl/N-ethyl adjacent to an activating group) is 1. The van der Waals surface area contributed by atoms with Gasteiger partial charge in [-0.05, 0) is 79.5 Å². The average molecular weight is 478 g/mol. The third-order valence-electron chi connectivity index (χ3n) is 8.21. The third-order valence-corrected chi connectivity index (χ3v) is 8.37. The average Bonchev–Trinajstić information content (AvgIpc) is 3.12. The molecular weight excluding hydrogens is 446 g/mol. The van der Waals surface area contributed by atoms with Crippen molar-refractivity contribution in [3.63, 3.8) is 0 Å². The molecule has 0 unspecified atom stereocenters. The van der Waals surface area contributed by atoms with E-state index in [4.69, 9.17) is 16.3 Å². The molecule has 33 heavy (non-hydrogen) atoms. The minimum atomic E-state index is -0.675. The summed E-state index contributed by atoms with van der Waals surface area (Å²) in [7, 11) is 1.44. The normalized spacial score (nSPS) is 29.9. The number of urea groups is 1. The SMILES string of the molecule is CN(CC(=O)O[C@H]1CC[C@H]2[C@@H]3CCc4cc(O)ccc4[C@H]3CC[C@]12C)C(=O)N(CCCl)N=O. The lowest BCUT2D eigenvalue weighted by Crippen LogP contribution is -2.46. The summed E-state index contributed by atoms with van der Waals surface area (Å²) in [6.45, 7) is 1.99. The number of halogens is 1. The number of carbonyl (C=O) groups is 2. The maximum atomic E-state index is 12.7. The number of amides is 2. The van der Waals surface area contributed by atoms with Gasteiger partial charge in [0.25, 0.3) is 0 Å². The van der Waals surface area contributed by atoms with Gasteiger partial charge in [0.05, 0.1) is 11.8 Å². The van der Waals surface area contributed by atoms with Gasteiger partial charge < -0.3 is 14.7 Å². The van der Waals surface area contributed by atoms with Crippen molar-refractivity contribution in [1.29, 1.82) is 0 Å². The predicted octanol–water partition coefficient (Wildman–Crippen LogP) is 4.43. The van der Waals surface area contributed by atoms with Gasteiger partial charge in [0.2, 0.25) is 0 Å². The van der Waals surface area contributed by atoms with Crippen LogP contribution in [0.25, 0.3) is 0 Å². The molecule has 8 nitrogen and oxygen atoms in total. The molecule has 0 heterocycles. The zero-order valence-corrected chi connectivity index (χ0v) is 20.0. The molecule has 5 atom stereocenters. The molecule has 0 aromatic heterocycles. The fourth-order valence-corrected chi connectivity index (χ4v) is 6.78. The second kappa shape index (κ2) is 9.49. The highest BCUT2D eigenvalue weighted by atomic mass is 35.5. The topological polar surface area (TPSA) is 99.5 Å². The van der Waals surface area contributed by atoms with E-state index in [1.807, 2.05) is 6.07 Å². The van der Waals surface area contributed by atoms with Gasteiger partial charge in [0, 0.05) is 18.3 Å².